The van der Waals surface area contributed by atoms with Crippen LogP contribution in [0.5, 0.6) is 0 Å². The zero-order chi connectivity index (χ0) is 21.8. The lowest BCUT2D eigenvalue weighted by Crippen LogP contribution is -2.27. The maximum atomic E-state index is 12.8. The van der Waals surface area contributed by atoms with E-state index < -0.39 is 5.97 Å². The maximum Gasteiger partial charge on any atom is 0.373 e. The van der Waals surface area contributed by atoms with Crippen LogP contribution in [0.2, 0.25) is 0 Å². The Morgan fingerprint density at radius 1 is 1.19 bits per heavy atom. The lowest BCUT2D eigenvalue weighted by Gasteiger charge is -2.13. The van der Waals surface area contributed by atoms with E-state index in [9.17, 15) is 9.59 Å². The maximum absolute atomic E-state index is 12.8. The third kappa shape index (κ3) is 4.70. The summed E-state index contributed by atoms with van der Waals surface area (Å²) in [5, 5.41) is 0. The molecule has 0 atom stereocenters. The van der Waals surface area contributed by atoms with Gasteiger partial charge in [-0.25, -0.2) is 4.79 Å². The quantitative estimate of drug-likeness (QED) is 0.234. The summed E-state index contributed by atoms with van der Waals surface area (Å²) in [4.78, 5) is 35.4. The summed E-state index contributed by atoms with van der Waals surface area (Å²) >= 11 is 6.61. The van der Waals surface area contributed by atoms with Gasteiger partial charge in [0.25, 0.3) is 5.91 Å². The topological polar surface area (TPSA) is 69.0 Å². The van der Waals surface area contributed by atoms with Gasteiger partial charge in [0.15, 0.2) is 0 Å². The van der Waals surface area contributed by atoms with Crippen molar-refractivity contribution in [3.63, 3.8) is 0 Å². The molecule has 0 unspecified atom stereocenters. The van der Waals surface area contributed by atoms with Crippen LogP contribution in [-0.4, -0.2) is 28.2 Å². The van der Waals surface area contributed by atoms with Gasteiger partial charge in [0.2, 0.25) is 0 Å². The van der Waals surface area contributed by atoms with Crippen LogP contribution >= 0.6 is 24.0 Å². The molecule has 6 nitrogen and oxygen atoms in total. The normalized spacial score (nSPS) is 14.7. The van der Waals surface area contributed by atoms with Gasteiger partial charge in [0, 0.05) is 11.6 Å². The van der Waals surface area contributed by atoms with Gasteiger partial charge < -0.3 is 4.42 Å². The molecule has 2 heterocycles. The Bertz CT molecular complexity index is 1150. The van der Waals surface area contributed by atoms with E-state index >= 15 is 0 Å². The van der Waals surface area contributed by atoms with E-state index in [2.05, 4.69) is 21.9 Å². The van der Waals surface area contributed by atoms with Crippen molar-refractivity contribution in [3.8, 4) is 11.3 Å². The first-order valence-corrected chi connectivity index (χ1v) is 10.3. The number of nitrogens with zero attached hydrogens (tertiary/aromatic N) is 1. The summed E-state index contributed by atoms with van der Waals surface area (Å²) in [7, 11) is 1.27. The van der Waals surface area contributed by atoms with Gasteiger partial charge in [-0.05, 0) is 48.0 Å². The van der Waals surface area contributed by atoms with Crippen molar-refractivity contribution < 1.29 is 23.8 Å². The van der Waals surface area contributed by atoms with Gasteiger partial charge in [-0.15, -0.1) is 0 Å². The first-order valence-electron chi connectivity index (χ1n) is 9.12. The number of carbonyl (C=O) groups is 2. The highest BCUT2D eigenvalue weighted by molar-refractivity contribution is 8.26. The van der Waals surface area contributed by atoms with E-state index in [0.29, 0.717) is 32.9 Å². The minimum Gasteiger partial charge on any atom is -0.457 e. The van der Waals surface area contributed by atoms with Crippen molar-refractivity contribution in [1.82, 2.24) is 4.90 Å². The fourth-order valence-electron chi connectivity index (χ4n) is 2.91. The molecule has 1 fully saturated rings. The first kappa shape index (κ1) is 20.9. The molecule has 31 heavy (non-hydrogen) atoms. The van der Waals surface area contributed by atoms with Crippen LogP contribution in [0.1, 0.15) is 21.7 Å². The molecular formula is C23H15NO5S2. The molecule has 0 N–H and O–H groups in total. The van der Waals surface area contributed by atoms with Gasteiger partial charge in [0.05, 0.1) is 24.1 Å². The molecule has 4 rings (SSSR count). The number of benzene rings is 1. The van der Waals surface area contributed by atoms with Gasteiger partial charge >= 0.3 is 5.97 Å². The summed E-state index contributed by atoms with van der Waals surface area (Å²) < 4.78 is 6.36. The molecule has 1 amide bonds. The second kappa shape index (κ2) is 9.18. The standard InChI is InChI=1S/C23H15NO5S2/c1-27-29-22(26)17-9-7-16(8-10-17)19-12-11-18(28-19)13-20-21(25)24(23(30)31-20)14-15-5-3-2-4-6-15/h3,5-13H,14H2,1H3/b20-13-. The Morgan fingerprint density at radius 3 is 2.71 bits per heavy atom. The van der Waals surface area contributed by atoms with Crippen molar-refractivity contribution in [2.75, 3.05) is 7.11 Å². The van der Waals surface area contributed by atoms with Crippen LogP contribution in [0.4, 0.5) is 0 Å². The van der Waals surface area contributed by atoms with Gasteiger partial charge in [-0.1, -0.05) is 48.2 Å². The summed E-state index contributed by atoms with van der Waals surface area (Å²) in [6, 6.07) is 21.4. The molecule has 3 aromatic rings. The van der Waals surface area contributed by atoms with E-state index in [1.165, 1.54) is 18.9 Å². The first-order chi connectivity index (χ1) is 15.0. The van der Waals surface area contributed by atoms with Crippen LogP contribution in [0.3, 0.4) is 0 Å². The molecular weight excluding hydrogens is 434 g/mol. The SMILES string of the molecule is COOC(=O)c1ccc(-c2ccc(/C=C3\SC(=S)N(Cc4cc#ccc4)C3=O)o2)cc1. The molecule has 0 bridgehead atoms. The highest BCUT2D eigenvalue weighted by Gasteiger charge is 2.32. The Kier molecular flexibility index (Phi) is 6.18. The molecule has 0 saturated carbocycles. The highest BCUT2D eigenvalue weighted by Crippen LogP contribution is 2.34. The highest BCUT2D eigenvalue weighted by atomic mass is 32.2. The molecule has 2 aromatic carbocycles. The van der Waals surface area contributed by atoms with Gasteiger partial charge in [0.1, 0.15) is 15.8 Å². The molecule has 154 valence electrons. The van der Waals surface area contributed by atoms with E-state index in [4.69, 9.17) is 16.6 Å². The van der Waals surface area contributed by atoms with Gasteiger partial charge in [-0.3, -0.25) is 14.6 Å². The van der Waals surface area contributed by atoms with Crippen LogP contribution in [0.15, 0.2) is 63.9 Å². The van der Waals surface area contributed by atoms with Crippen LogP contribution in [0, 0.1) is 12.1 Å². The number of rotatable bonds is 6. The van der Waals surface area contributed by atoms with Crippen molar-refractivity contribution >= 4 is 46.3 Å². The second-order valence-electron chi connectivity index (χ2n) is 6.43. The summed E-state index contributed by atoms with van der Waals surface area (Å²) in [5.74, 6) is 0.384. The van der Waals surface area contributed by atoms with Crippen molar-refractivity contribution in [2.24, 2.45) is 0 Å². The Balaban J connectivity index is 1.48. The summed E-state index contributed by atoms with van der Waals surface area (Å²) in [6.07, 6.45) is 1.68. The summed E-state index contributed by atoms with van der Waals surface area (Å²) in [6.45, 7) is 0.383. The third-order valence-corrected chi connectivity index (χ3v) is 5.78. The Labute approximate surface area is 188 Å². The zero-order valence-electron chi connectivity index (χ0n) is 16.3. The smallest absolute Gasteiger partial charge is 0.373 e. The molecule has 1 saturated heterocycles. The number of furan rings is 1. The monoisotopic (exact) mass is 449 g/mol. The minimum absolute atomic E-state index is 0.165. The number of hydrogen-bond acceptors (Lipinski definition) is 7. The number of amides is 1. The molecule has 8 heteroatoms. The molecule has 0 aliphatic carbocycles. The zero-order valence-corrected chi connectivity index (χ0v) is 17.9. The number of thiocarbonyl (C=S) groups is 1. The number of thioether (sulfide) groups is 1. The minimum atomic E-state index is -0.581. The average molecular weight is 450 g/mol. The Hall–Kier alpha value is -3.38. The van der Waals surface area contributed by atoms with Crippen LogP contribution in [-0.2, 0) is 21.1 Å². The predicted octanol–water partition coefficient (Wildman–Crippen LogP) is 4.67. The average Bonchev–Trinajstić information content (AvgIpc) is 3.35. The Morgan fingerprint density at radius 2 is 2.00 bits per heavy atom. The number of carbonyl (C=O) groups excluding carboxylic acids is 2. The van der Waals surface area contributed by atoms with E-state index in [1.807, 2.05) is 6.07 Å². The van der Waals surface area contributed by atoms with Gasteiger partial charge in [-0.2, -0.15) is 4.89 Å². The molecule has 1 aliphatic rings. The van der Waals surface area contributed by atoms with Crippen molar-refractivity contribution in [3.05, 3.63) is 88.5 Å². The van der Waals surface area contributed by atoms with E-state index in [-0.39, 0.29) is 5.91 Å². The van der Waals surface area contributed by atoms with Crippen LogP contribution < -0.4 is 0 Å². The van der Waals surface area contributed by atoms with Crippen LogP contribution in [0.25, 0.3) is 17.4 Å². The third-order valence-electron chi connectivity index (χ3n) is 4.40. The summed E-state index contributed by atoms with van der Waals surface area (Å²) in [5.41, 5.74) is 2.06. The molecule has 0 radical (unpaired) electrons. The lowest BCUT2D eigenvalue weighted by atomic mass is 10.1. The van der Waals surface area contributed by atoms with Crippen molar-refractivity contribution in [2.45, 2.75) is 6.54 Å². The molecule has 0 spiro atoms. The van der Waals surface area contributed by atoms with Crippen molar-refractivity contribution in [1.29, 1.82) is 0 Å². The number of hydrogen-bond donors (Lipinski definition) is 0. The fraction of sp³-hybridized carbons (Fsp3) is 0.0870. The molecule has 1 aliphatic heterocycles. The van der Waals surface area contributed by atoms with E-state index in [0.717, 1.165) is 11.1 Å². The largest absolute Gasteiger partial charge is 0.457 e. The molecule has 1 aromatic heterocycles. The lowest BCUT2D eigenvalue weighted by molar-refractivity contribution is -0.216. The second-order valence-corrected chi connectivity index (χ2v) is 8.10. The fourth-order valence-corrected chi connectivity index (χ4v) is 4.14. The predicted molar refractivity (Wildman–Crippen MR) is 119 cm³/mol. The van der Waals surface area contributed by atoms with E-state index in [1.54, 1.807) is 59.5 Å².